The van der Waals surface area contributed by atoms with Crippen molar-refractivity contribution in [3.8, 4) is 0 Å². The topological polar surface area (TPSA) is 63.3 Å². The van der Waals surface area contributed by atoms with E-state index in [4.69, 9.17) is 22.4 Å². The second-order valence-corrected chi connectivity index (χ2v) is 2.45. The average molecular weight is 212 g/mol. The summed E-state index contributed by atoms with van der Waals surface area (Å²) in [4.78, 5) is 10.4. The van der Waals surface area contributed by atoms with Crippen LogP contribution in [-0.4, -0.2) is 11.1 Å². The molecule has 0 saturated carbocycles. The first-order valence-corrected chi connectivity index (χ1v) is 3.27. The average Bonchev–Trinajstić information content (AvgIpc) is 1.94. The zero-order chi connectivity index (χ0) is 8.43. The van der Waals surface area contributed by atoms with Crippen molar-refractivity contribution in [2.45, 2.75) is 0 Å². The minimum Gasteiger partial charge on any atom is -1.00 e. The normalized spacial score (nSPS) is 8.75. The zero-order valence-electron chi connectivity index (χ0n) is 7.54. The van der Waals surface area contributed by atoms with Gasteiger partial charge in [0.15, 0.2) is 0 Å². The molecule has 0 saturated heterocycles. The van der Waals surface area contributed by atoms with Gasteiger partial charge in [0.25, 0.3) is 0 Å². The number of aromatic carboxylic acids is 1. The van der Waals surface area contributed by atoms with Crippen LogP contribution in [0.2, 0.25) is 5.02 Å². The monoisotopic (exact) mass is 211 g/mol. The maximum atomic E-state index is 10.4. The molecule has 5 heteroatoms. The molecule has 0 heterocycles. The van der Waals surface area contributed by atoms with Crippen molar-refractivity contribution in [1.82, 2.24) is 0 Å². The molecule has 60 valence electrons. The SMILES string of the molecule is Nc1ccc(C(=O)O)cc1Cl.[H-].[K+]. The fourth-order valence-corrected chi connectivity index (χ4v) is 0.841. The van der Waals surface area contributed by atoms with Gasteiger partial charge in [0.1, 0.15) is 0 Å². The van der Waals surface area contributed by atoms with Crippen molar-refractivity contribution in [2.75, 3.05) is 5.73 Å². The van der Waals surface area contributed by atoms with E-state index in [0.29, 0.717) is 5.69 Å². The Morgan fingerprint density at radius 2 is 2.17 bits per heavy atom. The third-order valence-electron chi connectivity index (χ3n) is 1.25. The maximum Gasteiger partial charge on any atom is 1.00 e. The number of nitrogens with two attached hydrogens (primary N) is 1. The molecule has 0 spiro atoms. The van der Waals surface area contributed by atoms with Gasteiger partial charge in [0, 0.05) is 0 Å². The van der Waals surface area contributed by atoms with Gasteiger partial charge >= 0.3 is 57.4 Å². The van der Waals surface area contributed by atoms with E-state index in [0.717, 1.165) is 0 Å². The molecule has 3 N–H and O–H groups in total. The molecule has 0 unspecified atom stereocenters. The van der Waals surface area contributed by atoms with E-state index in [-0.39, 0.29) is 63.4 Å². The molecule has 1 rings (SSSR count). The van der Waals surface area contributed by atoms with E-state index in [1.165, 1.54) is 18.2 Å². The summed E-state index contributed by atoms with van der Waals surface area (Å²) in [5, 5.41) is 8.77. The largest absolute Gasteiger partial charge is 1.00 e. The van der Waals surface area contributed by atoms with Gasteiger partial charge in [-0.1, -0.05) is 11.6 Å². The summed E-state index contributed by atoms with van der Waals surface area (Å²) < 4.78 is 0. The van der Waals surface area contributed by atoms with Crippen molar-refractivity contribution in [3.05, 3.63) is 28.8 Å². The van der Waals surface area contributed by atoms with Gasteiger partial charge in [-0.3, -0.25) is 0 Å². The Kier molecular flexibility index (Phi) is 5.39. The number of anilines is 1. The van der Waals surface area contributed by atoms with Crippen molar-refractivity contribution < 1.29 is 62.7 Å². The Hall–Kier alpha value is 0.416. The van der Waals surface area contributed by atoms with Gasteiger partial charge in [-0.25, -0.2) is 4.79 Å². The quantitative estimate of drug-likeness (QED) is 0.450. The molecule has 0 amide bonds. The number of carboxylic acid groups (broad SMARTS) is 1. The van der Waals surface area contributed by atoms with Gasteiger partial charge in [0.05, 0.1) is 16.3 Å². The molecule has 0 aromatic heterocycles. The molecule has 0 fully saturated rings. The minimum absolute atomic E-state index is 0. The minimum atomic E-state index is -1.01. The Balaban J connectivity index is 0. The third kappa shape index (κ3) is 3.04. The van der Waals surface area contributed by atoms with Gasteiger partial charge < -0.3 is 12.3 Å². The van der Waals surface area contributed by atoms with Gasteiger partial charge in [0.2, 0.25) is 0 Å². The number of hydrogen-bond donors (Lipinski definition) is 2. The number of halogens is 1. The Labute approximate surface area is 119 Å². The van der Waals surface area contributed by atoms with E-state index in [1.807, 2.05) is 0 Å². The summed E-state index contributed by atoms with van der Waals surface area (Å²) in [6, 6.07) is 4.19. The van der Waals surface area contributed by atoms with Crippen LogP contribution in [0.25, 0.3) is 0 Å². The number of nitrogen functional groups attached to an aromatic ring is 1. The van der Waals surface area contributed by atoms with Crippen LogP contribution in [-0.2, 0) is 0 Å². The van der Waals surface area contributed by atoms with Crippen molar-refractivity contribution >= 4 is 23.3 Å². The van der Waals surface area contributed by atoms with Crippen molar-refractivity contribution in [1.29, 1.82) is 0 Å². The van der Waals surface area contributed by atoms with Crippen LogP contribution in [0.15, 0.2) is 18.2 Å². The van der Waals surface area contributed by atoms with Crippen LogP contribution in [0.1, 0.15) is 11.8 Å². The van der Waals surface area contributed by atoms with E-state index >= 15 is 0 Å². The molecular weight excluding hydrogens is 205 g/mol. The van der Waals surface area contributed by atoms with Crippen molar-refractivity contribution in [2.24, 2.45) is 0 Å². The van der Waals surface area contributed by atoms with Gasteiger partial charge in [-0.05, 0) is 18.2 Å². The predicted molar refractivity (Wildman–Crippen MR) is 43.9 cm³/mol. The number of benzene rings is 1. The number of hydrogen-bond acceptors (Lipinski definition) is 2. The van der Waals surface area contributed by atoms with Gasteiger partial charge in [-0.15, -0.1) is 0 Å². The molecule has 3 nitrogen and oxygen atoms in total. The smallest absolute Gasteiger partial charge is 1.00 e. The fraction of sp³-hybridized carbons (Fsp3) is 0. The number of carbonyl (C=O) groups is 1. The summed E-state index contributed by atoms with van der Waals surface area (Å²) in [6.07, 6.45) is 0. The Bertz CT molecular complexity index is 309. The summed E-state index contributed by atoms with van der Waals surface area (Å²) >= 11 is 5.57. The van der Waals surface area contributed by atoms with Crippen LogP contribution in [0.5, 0.6) is 0 Å². The van der Waals surface area contributed by atoms with Crippen LogP contribution < -0.4 is 57.1 Å². The van der Waals surface area contributed by atoms with Crippen LogP contribution >= 0.6 is 11.6 Å². The Morgan fingerprint density at radius 1 is 1.58 bits per heavy atom. The molecule has 0 aliphatic heterocycles. The first kappa shape index (κ1) is 12.4. The molecule has 0 radical (unpaired) electrons. The zero-order valence-corrected chi connectivity index (χ0v) is 10.4. The second kappa shape index (κ2) is 5.21. The van der Waals surface area contributed by atoms with Crippen LogP contribution in [0, 0.1) is 0 Å². The van der Waals surface area contributed by atoms with Gasteiger partial charge in [-0.2, -0.15) is 0 Å². The molecule has 0 aliphatic carbocycles. The number of rotatable bonds is 1. The second-order valence-electron chi connectivity index (χ2n) is 2.04. The molecule has 1 aromatic carbocycles. The van der Waals surface area contributed by atoms with Crippen LogP contribution in [0.4, 0.5) is 5.69 Å². The van der Waals surface area contributed by atoms with E-state index in [2.05, 4.69) is 0 Å². The van der Waals surface area contributed by atoms with Crippen LogP contribution in [0.3, 0.4) is 0 Å². The summed E-state index contributed by atoms with van der Waals surface area (Å²) in [6.45, 7) is 0. The Morgan fingerprint density at radius 3 is 2.58 bits per heavy atom. The molecule has 0 aliphatic rings. The summed E-state index contributed by atoms with van der Waals surface area (Å²) in [5.74, 6) is -1.01. The first-order valence-electron chi connectivity index (χ1n) is 2.89. The molecule has 12 heavy (non-hydrogen) atoms. The molecule has 0 atom stereocenters. The summed E-state index contributed by atoms with van der Waals surface area (Å²) in [5.41, 5.74) is 5.89. The van der Waals surface area contributed by atoms with E-state index in [9.17, 15) is 4.79 Å². The first-order chi connectivity index (χ1) is 5.11. The fourth-order valence-electron chi connectivity index (χ4n) is 0.660. The molecular formula is C7H7ClKNO2. The standard InChI is InChI=1S/C7H6ClNO2.K.H/c8-5-3-4(7(10)11)1-2-6(5)9;;/h1-3H,9H2,(H,10,11);;/q;+1;-1. The van der Waals surface area contributed by atoms with E-state index < -0.39 is 5.97 Å². The predicted octanol–water partition coefficient (Wildman–Crippen LogP) is -1.26. The number of carboxylic acids is 1. The van der Waals surface area contributed by atoms with Crippen molar-refractivity contribution in [3.63, 3.8) is 0 Å². The van der Waals surface area contributed by atoms with E-state index in [1.54, 1.807) is 0 Å². The summed E-state index contributed by atoms with van der Waals surface area (Å²) in [7, 11) is 0. The molecule has 1 aromatic rings. The maximum absolute atomic E-state index is 10.4. The third-order valence-corrected chi connectivity index (χ3v) is 1.57. The molecule has 0 bridgehead atoms.